The number of benzene rings is 1. The highest BCUT2D eigenvalue weighted by molar-refractivity contribution is 6.30. The number of ether oxygens (including phenoxy) is 1. The Hall–Kier alpha value is -2.57. The SMILES string of the molecule is O=C(NCc1ccc(Cl)cc1)[C@@H]1[C@@H]2C=C[C@]3(CN(Cc4ccco4)C(=O)[C@@H]13)O2. The second-order valence-corrected chi connectivity index (χ2v) is 7.95. The molecule has 1 N–H and O–H groups in total. The van der Waals surface area contributed by atoms with Gasteiger partial charge in [0.05, 0.1) is 37.3 Å². The molecule has 6 nitrogen and oxygen atoms in total. The van der Waals surface area contributed by atoms with Gasteiger partial charge in [-0.05, 0) is 29.8 Å². The van der Waals surface area contributed by atoms with Gasteiger partial charge >= 0.3 is 0 Å². The summed E-state index contributed by atoms with van der Waals surface area (Å²) in [5, 5.41) is 3.60. The Labute approximate surface area is 167 Å². The lowest BCUT2D eigenvalue weighted by Crippen LogP contribution is -2.43. The van der Waals surface area contributed by atoms with Crippen LogP contribution in [0, 0.1) is 11.8 Å². The summed E-state index contributed by atoms with van der Waals surface area (Å²) in [6.45, 7) is 1.20. The highest BCUT2D eigenvalue weighted by atomic mass is 35.5. The topological polar surface area (TPSA) is 71.8 Å². The van der Waals surface area contributed by atoms with Gasteiger partial charge in [0.25, 0.3) is 0 Å². The van der Waals surface area contributed by atoms with Crippen LogP contribution in [0.5, 0.6) is 0 Å². The molecule has 1 spiro atoms. The molecule has 2 aromatic rings. The third-order valence-electron chi connectivity index (χ3n) is 5.79. The number of halogens is 1. The second kappa shape index (κ2) is 6.50. The predicted molar refractivity (Wildman–Crippen MR) is 101 cm³/mol. The van der Waals surface area contributed by atoms with E-state index < -0.39 is 17.4 Å². The summed E-state index contributed by atoms with van der Waals surface area (Å²) in [4.78, 5) is 27.8. The van der Waals surface area contributed by atoms with Gasteiger partial charge in [-0.2, -0.15) is 0 Å². The van der Waals surface area contributed by atoms with Gasteiger partial charge in [0.1, 0.15) is 11.4 Å². The average Bonchev–Trinajstić information content (AvgIpc) is 3.45. The molecular formula is C21H19ClN2O4. The maximum atomic E-state index is 13.1. The maximum Gasteiger partial charge on any atom is 0.230 e. The normalized spacial score (nSPS) is 30.1. The number of nitrogens with one attached hydrogen (secondary N) is 1. The number of likely N-dealkylation sites (tertiary alicyclic amines) is 1. The van der Waals surface area contributed by atoms with E-state index in [0.717, 1.165) is 5.56 Å². The zero-order valence-electron chi connectivity index (χ0n) is 15.0. The molecule has 2 saturated heterocycles. The Balaban J connectivity index is 1.32. The van der Waals surface area contributed by atoms with E-state index in [9.17, 15) is 9.59 Å². The number of nitrogens with zero attached hydrogens (tertiary/aromatic N) is 1. The fraction of sp³-hybridized carbons (Fsp3) is 0.333. The van der Waals surface area contributed by atoms with E-state index in [1.807, 2.05) is 30.4 Å². The Morgan fingerprint density at radius 2 is 2.11 bits per heavy atom. The molecule has 3 aliphatic heterocycles. The molecule has 7 heteroatoms. The van der Waals surface area contributed by atoms with Gasteiger partial charge < -0.3 is 19.4 Å². The molecule has 1 aromatic carbocycles. The van der Waals surface area contributed by atoms with E-state index in [2.05, 4.69) is 5.32 Å². The molecule has 0 unspecified atom stereocenters. The Morgan fingerprint density at radius 3 is 2.86 bits per heavy atom. The number of hydrogen-bond donors (Lipinski definition) is 1. The molecule has 144 valence electrons. The van der Waals surface area contributed by atoms with Crippen molar-refractivity contribution in [1.29, 1.82) is 0 Å². The summed E-state index contributed by atoms with van der Waals surface area (Å²) in [5.74, 6) is -0.527. The summed E-state index contributed by atoms with van der Waals surface area (Å²) in [5.41, 5.74) is 0.237. The number of amides is 2. The first-order chi connectivity index (χ1) is 13.6. The first kappa shape index (κ1) is 17.5. The predicted octanol–water partition coefficient (Wildman–Crippen LogP) is 2.53. The van der Waals surface area contributed by atoms with Gasteiger partial charge in [0.2, 0.25) is 11.8 Å². The van der Waals surface area contributed by atoms with E-state index in [1.54, 1.807) is 29.4 Å². The molecule has 1 aromatic heterocycles. The summed E-state index contributed by atoms with van der Waals surface area (Å²) in [6.07, 6.45) is 5.09. The van der Waals surface area contributed by atoms with Crippen LogP contribution in [0.3, 0.4) is 0 Å². The number of hydrogen-bond acceptors (Lipinski definition) is 4. The van der Waals surface area contributed by atoms with Gasteiger partial charge in [0, 0.05) is 11.6 Å². The standard InChI is InChI=1S/C21H19ClN2O4/c22-14-5-3-13(4-6-14)10-23-19(25)17-16-7-8-21(28-16)12-24(20(26)18(17)21)11-15-2-1-9-27-15/h1-9,16-18H,10-12H2,(H,23,25)/t16-,17+,18+,21+/m0/s1. The van der Waals surface area contributed by atoms with Crippen molar-refractivity contribution >= 4 is 23.4 Å². The van der Waals surface area contributed by atoms with Crippen molar-refractivity contribution in [2.45, 2.75) is 24.8 Å². The molecule has 2 amide bonds. The van der Waals surface area contributed by atoms with Crippen LogP contribution in [0.1, 0.15) is 11.3 Å². The lowest BCUT2D eigenvalue weighted by molar-refractivity contribution is -0.138. The van der Waals surface area contributed by atoms with Crippen LogP contribution in [0.4, 0.5) is 0 Å². The Kier molecular flexibility index (Phi) is 4.07. The summed E-state index contributed by atoms with van der Waals surface area (Å²) >= 11 is 5.90. The summed E-state index contributed by atoms with van der Waals surface area (Å²) in [6, 6.07) is 10.9. The lowest BCUT2D eigenvalue weighted by Gasteiger charge is -2.23. The van der Waals surface area contributed by atoms with E-state index in [-0.39, 0.29) is 17.9 Å². The Morgan fingerprint density at radius 1 is 1.29 bits per heavy atom. The minimum Gasteiger partial charge on any atom is -0.467 e. The van der Waals surface area contributed by atoms with Crippen molar-refractivity contribution < 1.29 is 18.7 Å². The van der Waals surface area contributed by atoms with E-state index in [0.29, 0.717) is 30.4 Å². The first-order valence-corrected chi connectivity index (χ1v) is 9.64. The number of fused-ring (bicyclic) bond motifs is 1. The van der Waals surface area contributed by atoms with Gasteiger partial charge in [-0.1, -0.05) is 35.9 Å². The van der Waals surface area contributed by atoms with Crippen LogP contribution >= 0.6 is 11.6 Å². The quantitative estimate of drug-likeness (QED) is 0.785. The van der Waals surface area contributed by atoms with Gasteiger partial charge in [0.15, 0.2) is 0 Å². The van der Waals surface area contributed by atoms with Crippen molar-refractivity contribution in [1.82, 2.24) is 10.2 Å². The minimum atomic E-state index is -0.712. The van der Waals surface area contributed by atoms with Crippen molar-refractivity contribution in [3.63, 3.8) is 0 Å². The molecule has 4 atom stereocenters. The fourth-order valence-electron chi connectivity index (χ4n) is 4.51. The van der Waals surface area contributed by atoms with Crippen LogP contribution < -0.4 is 5.32 Å². The zero-order valence-corrected chi connectivity index (χ0v) is 15.8. The molecule has 0 saturated carbocycles. The first-order valence-electron chi connectivity index (χ1n) is 9.26. The highest BCUT2D eigenvalue weighted by Crippen LogP contribution is 2.52. The van der Waals surface area contributed by atoms with Crippen LogP contribution in [-0.2, 0) is 27.4 Å². The number of furan rings is 1. The summed E-state index contributed by atoms with van der Waals surface area (Å²) < 4.78 is 11.5. The van der Waals surface area contributed by atoms with E-state index >= 15 is 0 Å². The summed E-state index contributed by atoms with van der Waals surface area (Å²) in [7, 11) is 0. The smallest absolute Gasteiger partial charge is 0.230 e. The largest absolute Gasteiger partial charge is 0.467 e. The van der Waals surface area contributed by atoms with Crippen LogP contribution in [0.2, 0.25) is 5.02 Å². The Bertz CT molecular complexity index is 940. The highest BCUT2D eigenvalue weighted by Gasteiger charge is 2.66. The zero-order chi connectivity index (χ0) is 19.3. The average molecular weight is 399 g/mol. The minimum absolute atomic E-state index is 0.0603. The molecule has 2 bridgehead atoms. The van der Waals surface area contributed by atoms with E-state index in [1.165, 1.54) is 0 Å². The van der Waals surface area contributed by atoms with E-state index in [4.69, 9.17) is 20.8 Å². The second-order valence-electron chi connectivity index (χ2n) is 7.52. The van der Waals surface area contributed by atoms with Crippen molar-refractivity contribution in [2.75, 3.05) is 6.54 Å². The number of rotatable bonds is 5. The van der Waals surface area contributed by atoms with Crippen molar-refractivity contribution in [3.05, 3.63) is 71.2 Å². The van der Waals surface area contributed by atoms with Crippen LogP contribution in [0.15, 0.2) is 59.2 Å². The molecule has 0 aliphatic carbocycles. The van der Waals surface area contributed by atoms with Crippen molar-refractivity contribution in [2.24, 2.45) is 11.8 Å². The third-order valence-corrected chi connectivity index (χ3v) is 6.04. The lowest BCUT2D eigenvalue weighted by atomic mass is 9.77. The molecular weight excluding hydrogens is 380 g/mol. The van der Waals surface area contributed by atoms with Crippen molar-refractivity contribution in [3.8, 4) is 0 Å². The molecule has 2 fully saturated rings. The monoisotopic (exact) mass is 398 g/mol. The fourth-order valence-corrected chi connectivity index (χ4v) is 4.64. The molecule has 4 heterocycles. The van der Waals surface area contributed by atoms with Gasteiger partial charge in [-0.3, -0.25) is 9.59 Å². The number of carbonyl (C=O) groups excluding carboxylic acids is 2. The van der Waals surface area contributed by atoms with Gasteiger partial charge in [-0.15, -0.1) is 0 Å². The van der Waals surface area contributed by atoms with Gasteiger partial charge in [-0.25, -0.2) is 0 Å². The van der Waals surface area contributed by atoms with Crippen LogP contribution in [0.25, 0.3) is 0 Å². The molecule has 0 radical (unpaired) electrons. The number of carbonyl (C=O) groups is 2. The molecule has 5 rings (SSSR count). The molecule has 3 aliphatic rings. The van der Waals surface area contributed by atoms with Crippen LogP contribution in [-0.4, -0.2) is 35.0 Å². The maximum absolute atomic E-state index is 13.1. The third kappa shape index (κ3) is 2.75. The molecule has 28 heavy (non-hydrogen) atoms.